The van der Waals surface area contributed by atoms with E-state index in [9.17, 15) is 9.59 Å². The van der Waals surface area contributed by atoms with Crippen LogP contribution in [0.1, 0.15) is 75.3 Å². The zero-order chi connectivity index (χ0) is 22.9. The minimum atomic E-state index is -1.39. The highest BCUT2D eigenvalue weighted by Crippen LogP contribution is 2.35. The fourth-order valence-electron chi connectivity index (χ4n) is 5.22. The molecule has 2 aliphatic carbocycles. The van der Waals surface area contributed by atoms with E-state index >= 15 is 0 Å². The summed E-state index contributed by atoms with van der Waals surface area (Å²) in [4.78, 5) is 27.8. The summed E-state index contributed by atoms with van der Waals surface area (Å²) in [7, 11) is 0. The number of hydrogen-bond acceptors (Lipinski definition) is 4. The predicted molar refractivity (Wildman–Crippen MR) is 129 cm³/mol. The van der Waals surface area contributed by atoms with Crippen molar-refractivity contribution < 1.29 is 19.1 Å². The van der Waals surface area contributed by atoms with Crippen molar-refractivity contribution in [3.8, 4) is 0 Å². The highest BCUT2D eigenvalue weighted by Gasteiger charge is 2.50. The Morgan fingerprint density at radius 3 is 1.33 bits per heavy atom. The van der Waals surface area contributed by atoms with Crippen LogP contribution in [0.5, 0.6) is 0 Å². The predicted octanol–water partition coefficient (Wildman–Crippen LogP) is 6.21. The minimum absolute atomic E-state index is 0.111. The average molecular weight is 449 g/mol. The van der Waals surface area contributed by atoms with Gasteiger partial charge in [0.25, 0.3) is 0 Å². The molecule has 4 nitrogen and oxygen atoms in total. The van der Waals surface area contributed by atoms with Crippen LogP contribution in [-0.4, -0.2) is 24.1 Å². The van der Waals surface area contributed by atoms with Crippen molar-refractivity contribution in [2.45, 2.75) is 89.3 Å². The van der Waals surface area contributed by atoms with Gasteiger partial charge in [-0.3, -0.25) is 9.59 Å². The summed E-state index contributed by atoms with van der Waals surface area (Å²) in [6.07, 6.45) is 10.4. The van der Waals surface area contributed by atoms with E-state index in [2.05, 4.69) is 0 Å². The molecule has 4 rings (SSSR count). The van der Waals surface area contributed by atoms with Gasteiger partial charge in [-0.25, -0.2) is 0 Å². The fraction of sp³-hybridized carbons (Fsp3) is 0.517. The molecule has 2 aromatic rings. The molecule has 0 spiro atoms. The van der Waals surface area contributed by atoms with Crippen LogP contribution in [0.4, 0.5) is 0 Å². The Morgan fingerprint density at radius 2 is 0.970 bits per heavy atom. The first kappa shape index (κ1) is 23.5. The van der Waals surface area contributed by atoms with Gasteiger partial charge in [-0.05, 0) is 75.3 Å². The van der Waals surface area contributed by atoms with Gasteiger partial charge < -0.3 is 9.47 Å². The number of ether oxygens (including phenoxy) is 2. The van der Waals surface area contributed by atoms with Crippen LogP contribution in [0.15, 0.2) is 60.7 Å². The number of hydrogen-bond donors (Lipinski definition) is 0. The third kappa shape index (κ3) is 6.25. The molecule has 2 fully saturated rings. The topological polar surface area (TPSA) is 52.6 Å². The molecule has 0 heterocycles. The molecule has 0 aromatic heterocycles. The lowest BCUT2D eigenvalue weighted by molar-refractivity contribution is -0.180. The Bertz CT molecular complexity index is 805. The molecular formula is C29H36O4. The summed E-state index contributed by atoms with van der Waals surface area (Å²) in [6.45, 7) is 0. The lowest BCUT2D eigenvalue weighted by atomic mass is 9.76. The second kappa shape index (κ2) is 11.5. The van der Waals surface area contributed by atoms with Crippen LogP contribution < -0.4 is 0 Å². The van der Waals surface area contributed by atoms with E-state index in [1.54, 1.807) is 0 Å². The normalized spacial score (nSPS) is 17.9. The average Bonchev–Trinajstić information content (AvgIpc) is 2.86. The summed E-state index contributed by atoms with van der Waals surface area (Å²) in [5.74, 6) is -0.856. The molecule has 2 saturated carbocycles. The summed E-state index contributed by atoms with van der Waals surface area (Å²) in [5.41, 5.74) is 0.488. The molecule has 0 radical (unpaired) electrons. The largest absolute Gasteiger partial charge is 0.462 e. The molecule has 33 heavy (non-hydrogen) atoms. The van der Waals surface area contributed by atoms with Gasteiger partial charge in [-0.1, -0.05) is 73.5 Å². The Morgan fingerprint density at radius 1 is 0.606 bits per heavy atom. The monoisotopic (exact) mass is 448 g/mol. The molecule has 0 unspecified atom stereocenters. The number of benzene rings is 2. The van der Waals surface area contributed by atoms with Crippen LogP contribution in [0, 0.1) is 5.41 Å². The number of rotatable bonds is 8. The van der Waals surface area contributed by atoms with Crippen LogP contribution in [0.2, 0.25) is 0 Å². The van der Waals surface area contributed by atoms with Crippen molar-refractivity contribution in [1.29, 1.82) is 0 Å². The molecule has 2 aliphatic rings. The van der Waals surface area contributed by atoms with E-state index in [1.165, 1.54) is 12.8 Å². The van der Waals surface area contributed by atoms with E-state index in [1.807, 2.05) is 60.7 Å². The zero-order valence-corrected chi connectivity index (χ0v) is 19.5. The van der Waals surface area contributed by atoms with Crippen molar-refractivity contribution >= 4 is 11.9 Å². The summed E-state index contributed by atoms with van der Waals surface area (Å²) in [6, 6.07) is 19.6. The molecule has 0 N–H and O–H groups in total. The molecule has 0 amide bonds. The molecule has 2 aromatic carbocycles. The van der Waals surface area contributed by atoms with Gasteiger partial charge in [0, 0.05) is 0 Å². The number of esters is 2. The van der Waals surface area contributed by atoms with Crippen molar-refractivity contribution in [3.63, 3.8) is 0 Å². The SMILES string of the molecule is O=C(OC1CCCCC1)C(Cc1ccccc1)(Cc1ccccc1)C(=O)OC1CCCCC1. The van der Waals surface area contributed by atoms with Crippen LogP contribution >= 0.6 is 0 Å². The van der Waals surface area contributed by atoms with Crippen LogP contribution in [0.25, 0.3) is 0 Å². The zero-order valence-electron chi connectivity index (χ0n) is 19.5. The van der Waals surface area contributed by atoms with Crippen LogP contribution in [-0.2, 0) is 31.9 Å². The van der Waals surface area contributed by atoms with Crippen LogP contribution in [0.3, 0.4) is 0 Å². The summed E-state index contributed by atoms with van der Waals surface area (Å²) < 4.78 is 12.1. The molecule has 4 heteroatoms. The third-order valence-corrected chi connectivity index (χ3v) is 7.13. The second-order valence-electron chi connectivity index (χ2n) is 9.74. The van der Waals surface area contributed by atoms with Gasteiger partial charge in [-0.2, -0.15) is 0 Å². The molecular weight excluding hydrogens is 412 g/mol. The Balaban J connectivity index is 1.67. The van der Waals surface area contributed by atoms with E-state index in [0.29, 0.717) is 0 Å². The standard InChI is InChI=1S/C29H36O4/c30-27(32-25-17-9-3-10-18-25)29(21-23-13-5-1-6-14-23,22-24-15-7-2-8-16-24)28(31)33-26-19-11-4-12-20-26/h1-2,5-8,13-16,25-26H,3-4,9-12,17-22H2. The highest BCUT2D eigenvalue weighted by molar-refractivity contribution is 6.01. The Kier molecular flexibility index (Phi) is 8.20. The quantitative estimate of drug-likeness (QED) is 0.356. The van der Waals surface area contributed by atoms with Gasteiger partial charge in [0.1, 0.15) is 12.2 Å². The lowest BCUT2D eigenvalue weighted by Crippen LogP contribution is -2.48. The fourth-order valence-corrected chi connectivity index (χ4v) is 5.22. The Labute approximate surface area is 197 Å². The highest BCUT2D eigenvalue weighted by atomic mass is 16.6. The third-order valence-electron chi connectivity index (χ3n) is 7.13. The molecule has 176 valence electrons. The maximum atomic E-state index is 13.9. The number of carbonyl (C=O) groups excluding carboxylic acids is 2. The smallest absolute Gasteiger partial charge is 0.324 e. The Hall–Kier alpha value is -2.62. The van der Waals surface area contributed by atoms with E-state index in [-0.39, 0.29) is 25.0 Å². The maximum absolute atomic E-state index is 13.9. The summed E-state index contributed by atoms with van der Waals surface area (Å²) >= 11 is 0. The number of carbonyl (C=O) groups is 2. The summed E-state index contributed by atoms with van der Waals surface area (Å²) in [5, 5.41) is 0. The lowest BCUT2D eigenvalue weighted by Gasteiger charge is -2.34. The van der Waals surface area contributed by atoms with Crippen molar-refractivity contribution in [3.05, 3.63) is 71.8 Å². The first-order valence-electron chi connectivity index (χ1n) is 12.7. The van der Waals surface area contributed by atoms with Gasteiger partial charge in [0.2, 0.25) is 0 Å². The first-order valence-corrected chi connectivity index (χ1v) is 12.7. The molecule has 0 saturated heterocycles. The van der Waals surface area contributed by atoms with Gasteiger partial charge in [-0.15, -0.1) is 0 Å². The first-order chi connectivity index (χ1) is 16.2. The van der Waals surface area contributed by atoms with Crippen molar-refractivity contribution in [1.82, 2.24) is 0 Å². The molecule has 0 atom stereocenters. The molecule has 0 aliphatic heterocycles. The molecule has 0 bridgehead atoms. The van der Waals surface area contributed by atoms with Gasteiger partial charge in [0.05, 0.1) is 0 Å². The second-order valence-corrected chi connectivity index (χ2v) is 9.74. The van der Waals surface area contributed by atoms with Gasteiger partial charge >= 0.3 is 11.9 Å². The van der Waals surface area contributed by atoms with Crippen molar-refractivity contribution in [2.75, 3.05) is 0 Å². The van der Waals surface area contributed by atoms with E-state index < -0.39 is 17.4 Å². The van der Waals surface area contributed by atoms with E-state index in [0.717, 1.165) is 62.5 Å². The van der Waals surface area contributed by atoms with Crippen molar-refractivity contribution in [2.24, 2.45) is 5.41 Å². The van der Waals surface area contributed by atoms with E-state index in [4.69, 9.17) is 9.47 Å². The maximum Gasteiger partial charge on any atom is 0.324 e. The minimum Gasteiger partial charge on any atom is -0.462 e. The van der Waals surface area contributed by atoms with Gasteiger partial charge in [0.15, 0.2) is 5.41 Å².